The Morgan fingerprint density at radius 2 is 1.80 bits per heavy atom. The molecule has 0 saturated carbocycles. The van der Waals surface area contributed by atoms with E-state index in [4.69, 9.17) is 4.74 Å². The van der Waals surface area contributed by atoms with Crippen molar-refractivity contribution < 1.29 is 14.3 Å². The molecular formula is C19H35N3O3. The van der Waals surface area contributed by atoms with Gasteiger partial charge < -0.3 is 15.0 Å². The number of nitrogens with zero attached hydrogens (tertiary/aromatic N) is 2. The number of carbonyl (C=O) groups is 2. The maximum absolute atomic E-state index is 12.2. The summed E-state index contributed by atoms with van der Waals surface area (Å²) < 4.78 is 5.51. The summed E-state index contributed by atoms with van der Waals surface area (Å²) in [6.45, 7) is 14.0. The van der Waals surface area contributed by atoms with Gasteiger partial charge in [-0.1, -0.05) is 0 Å². The molecule has 2 fully saturated rings. The number of rotatable bonds is 5. The second-order valence-corrected chi connectivity index (χ2v) is 8.44. The van der Waals surface area contributed by atoms with Crippen molar-refractivity contribution in [2.75, 3.05) is 45.8 Å². The summed E-state index contributed by atoms with van der Waals surface area (Å²) in [5.74, 6) is 1.04. The molecule has 2 atom stereocenters. The number of carbonyl (C=O) groups excluding carboxylic acids is 2. The van der Waals surface area contributed by atoms with Crippen molar-refractivity contribution in [3.8, 4) is 0 Å². The Morgan fingerprint density at radius 1 is 1.12 bits per heavy atom. The predicted molar refractivity (Wildman–Crippen MR) is 98.2 cm³/mol. The minimum absolute atomic E-state index is 0.0699. The molecule has 2 aliphatic heterocycles. The van der Waals surface area contributed by atoms with Crippen LogP contribution in [0, 0.1) is 11.8 Å². The summed E-state index contributed by atoms with van der Waals surface area (Å²) in [5, 5.41) is 3.47. The largest absolute Gasteiger partial charge is 0.460 e. The van der Waals surface area contributed by atoms with Crippen LogP contribution in [0.5, 0.6) is 0 Å². The van der Waals surface area contributed by atoms with E-state index in [1.807, 2.05) is 25.7 Å². The maximum atomic E-state index is 12.2. The second-order valence-electron chi connectivity index (χ2n) is 8.44. The molecule has 0 aliphatic carbocycles. The van der Waals surface area contributed by atoms with Gasteiger partial charge in [0.2, 0.25) is 5.91 Å². The summed E-state index contributed by atoms with van der Waals surface area (Å²) in [4.78, 5) is 28.0. The minimum atomic E-state index is -0.407. The third-order valence-electron chi connectivity index (χ3n) is 5.25. The lowest BCUT2D eigenvalue weighted by Gasteiger charge is -2.37. The Kier molecular flexibility index (Phi) is 7.25. The average molecular weight is 354 g/mol. The zero-order chi connectivity index (χ0) is 18.4. The first-order chi connectivity index (χ1) is 11.7. The van der Waals surface area contributed by atoms with E-state index in [0.29, 0.717) is 18.3 Å². The van der Waals surface area contributed by atoms with Gasteiger partial charge in [0.15, 0.2) is 0 Å². The van der Waals surface area contributed by atoms with Gasteiger partial charge in [-0.3, -0.25) is 14.5 Å². The Bertz CT molecular complexity index is 453. The van der Waals surface area contributed by atoms with E-state index in [0.717, 1.165) is 58.7 Å². The molecule has 0 aromatic heterocycles. The lowest BCUT2D eigenvalue weighted by molar-refractivity contribution is -0.156. The molecule has 2 aliphatic rings. The summed E-state index contributed by atoms with van der Waals surface area (Å²) >= 11 is 0. The van der Waals surface area contributed by atoms with Gasteiger partial charge in [-0.05, 0) is 65.1 Å². The van der Waals surface area contributed by atoms with Crippen LogP contribution in [0.3, 0.4) is 0 Å². The van der Waals surface area contributed by atoms with Crippen molar-refractivity contribution in [3.05, 3.63) is 0 Å². The Hall–Kier alpha value is -1.14. The molecule has 0 spiro atoms. The van der Waals surface area contributed by atoms with E-state index in [9.17, 15) is 9.59 Å². The highest BCUT2D eigenvalue weighted by molar-refractivity contribution is 5.73. The maximum Gasteiger partial charge on any atom is 0.306 e. The van der Waals surface area contributed by atoms with Crippen molar-refractivity contribution in [2.24, 2.45) is 11.8 Å². The summed E-state index contributed by atoms with van der Waals surface area (Å²) in [7, 11) is 0. The number of piperazine rings is 1. The van der Waals surface area contributed by atoms with E-state index < -0.39 is 5.60 Å². The van der Waals surface area contributed by atoms with Gasteiger partial charge in [0.25, 0.3) is 0 Å². The normalized spacial score (nSPS) is 25.7. The standard InChI is InChI=1S/C19H35N3O3/c1-15(23)22-11-9-21(10-12-22)8-6-17-14-20-7-5-16(17)13-18(24)25-19(2,3)4/h16-17,20H,5-14H2,1-4H3. The van der Waals surface area contributed by atoms with Gasteiger partial charge in [0.1, 0.15) is 5.60 Å². The van der Waals surface area contributed by atoms with Gasteiger partial charge >= 0.3 is 5.97 Å². The van der Waals surface area contributed by atoms with Crippen molar-refractivity contribution in [1.29, 1.82) is 0 Å². The number of ether oxygens (including phenoxy) is 1. The topological polar surface area (TPSA) is 61.9 Å². The molecule has 2 saturated heterocycles. The summed E-state index contributed by atoms with van der Waals surface area (Å²) in [5.41, 5.74) is -0.407. The highest BCUT2D eigenvalue weighted by atomic mass is 16.6. The first kappa shape index (κ1) is 20.2. The zero-order valence-corrected chi connectivity index (χ0v) is 16.3. The van der Waals surface area contributed by atoms with Crippen LogP contribution in [0.2, 0.25) is 0 Å². The average Bonchev–Trinajstić information content (AvgIpc) is 2.52. The molecule has 2 heterocycles. The Balaban J connectivity index is 1.77. The predicted octanol–water partition coefficient (Wildman–Crippen LogP) is 1.50. The highest BCUT2D eigenvalue weighted by Crippen LogP contribution is 2.27. The fraction of sp³-hybridized carbons (Fsp3) is 0.895. The lowest BCUT2D eigenvalue weighted by Crippen LogP contribution is -2.49. The Labute approximate surface area is 152 Å². The number of piperidine rings is 1. The van der Waals surface area contributed by atoms with Crippen LogP contribution >= 0.6 is 0 Å². The van der Waals surface area contributed by atoms with Crippen LogP contribution in [0.15, 0.2) is 0 Å². The number of esters is 1. The third kappa shape index (κ3) is 6.94. The van der Waals surface area contributed by atoms with Gasteiger partial charge in [0.05, 0.1) is 0 Å². The molecule has 0 bridgehead atoms. The van der Waals surface area contributed by atoms with Gasteiger partial charge in [-0.25, -0.2) is 0 Å². The number of amides is 1. The highest BCUT2D eigenvalue weighted by Gasteiger charge is 2.29. The van der Waals surface area contributed by atoms with Crippen LogP contribution in [-0.4, -0.2) is 73.1 Å². The van der Waals surface area contributed by atoms with E-state index in [2.05, 4.69) is 10.2 Å². The second kappa shape index (κ2) is 8.99. The molecule has 2 rings (SSSR count). The third-order valence-corrected chi connectivity index (χ3v) is 5.25. The van der Waals surface area contributed by atoms with Crippen LogP contribution in [-0.2, 0) is 14.3 Å². The van der Waals surface area contributed by atoms with E-state index in [1.54, 1.807) is 6.92 Å². The first-order valence-corrected chi connectivity index (χ1v) is 9.65. The molecule has 0 aromatic rings. The molecule has 1 N–H and O–H groups in total. The van der Waals surface area contributed by atoms with E-state index in [1.165, 1.54) is 0 Å². The molecule has 1 amide bonds. The van der Waals surface area contributed by atoms with Crippen LogP contribution < -0.4 is 5.32 Å². The van der Waals surface area contributed by atoms with Gasteiger partial charge in [0, 0.05) is 39.5 Å². The van der Waals surface area contributed by atoms with Gasteiger partial charge in [-0.2, -0.15) is 0 Å². The number of hydrogen-bond acceptors (Lipinski definition) is 5. The monoisotopic (exact) mass is 353 g/mol. The molecule has 6 heteroatoms. The fourth-order valence-electron chi connectivity index (χ4n) is 3.82. The zero-order valence-electron chi connectivity index (χ0n) is 16.3. The fourth-order valence-corrected chi connectivity index (χ4v) is 3.82. The van der Waals surface area contributed by atoms with Crippen LogP contribution in [0.4, 0.5) is 0 Å². The molecule has 2 unspecified atom stereocenters. The smallest absolute Gasteiger partial charge is 0.306 e. The van der Waals surface area contributed by atoms with Gasteiger partial charge in [-0.15, -0.1) is 0 Å². The van der Waals surface area contributed by atoms with Crippen molar-refractivity contribution in [2.45, 2.75) is 52.6 Å². The number of nitrogens with one attached hydrogen (secondary N) is 1. The summed E-state index contributed by atoms with van der Waals surface area (Å²) in [6.07, 6.45) is 2.67. The van der Waals surface area contributed by atoms with Crippen molar-refractivity contribution in [3.63, 3.8) is 0 Å². The quantitative estimate of drug-likeness (QED) is 0.759. The van der Waals surface area contributed by atoms with Crippen molar-refractivity contribution in [1.82, 2.24) is 15.1 Å². The van der Waals surface area contributed by atoms with Crippen LogP contribution in [0.25, 0.3) is 0 Å². The number of hydrogen-bond donors (Lipinski definition) is 1. The van der Waals surface area contributed by atoms with Crippen LogP contribution in [0.1, 0.15) is 47.0 Å². The molecule has 144 valence electrons. The molecule has 25 heavy (non-hydrogen) atoms. The SMILES string of the molecule is CC(=O)N1CCN(CCC2CNCCC2CC(=O)OC(C)(C)C)CC1. The molecular weight excluding hydrogens is 318 g/mol. The minimum Gasteiger partial charge on any atom is -0.460 e. The van der Waals surface area contributed by atoms with E-state index in [-0.39, 0.29) is 11.9 Å². The van der Waals surface area contributed by atoms with E-state index >= 15 is 0 Å². The summed E-state index contributed by atoms with van der Waals surface area (Å²) in [6, 6.07) is 0. The lowest BCUT2D eigenvalue weighted by atomic mass is 9.82. The molecule has 6 nitrogen and oxygen atoms in total. The molecule has 0 radical (unpaired) electrons. The first-order valence-electron chi connectivity index (χ1n) is 9.65. The van der Waals surface area contributed by atoms with Crippen molar-refractivity contribution >= 4 is 11.9 Å². The Morgan fingerprint density at radius 3 is 2.40 bits per heavy atom. The molecule has 0 aromatic carbocycles.